The van der Waals surface area contributed by atoms with Crippen LogP contribution in [0.4, 0.5) is 0 Å². The number of hydrogen-bond acceptors (Lipinski definition) is 4. The first kappa shape index (κ1) is 23.6. The molecule has 0 radical (unpaired) electrons. The fraction of sp³-hybridized carbons (Fsp3) is 0.933. The number of Topliss-reactive ketones (excluding diaryl/α,β-unsaturated/α-hetero) is 1. The van der Waals surface area contributed by atoms with Gasteiger partial charge in [-0.15, -0.1) is 0 Å². The molecule has 0 aliphatic carbocycles. The summed E-state index contributed by atoms with van der Waals surface area (Å²) in [6.07, 6.45) is 3.39. The van der Waals surface area contributed by atoms with Crippen molar-refractivity contribution in [2.45, 2.75) is 60.8 Å². The number of hydrogen-bond donors (Lipinski definition) is 2. The lowest BCUT2D eigenvalue weighted by molar-refractivity contribution is -0.125. The number of nitrogens with two attached hydrogens (primary N) is 1. The number of carbonyl (C=O) groups excluding carboxylic acids is 1. The van der Waals surface area contributed by atoms with E-state index >= 15 is 0 Å². The average molecular weight is 275 g/mol. The Bertz CT molecular complexity index is 192. The molecule has 0 atom stereocenters. The summed E-state index contributed by atoms with van der Waals surface area (Å²) in [4.78, 5) is 10.9. The van der Waals surface area contributed by atoms with E-state index in [1.165, 1.54) is 12.8 Å². The van der Waals surface area contributed by atoms with Crippen LogP contribution in [0.2, 0.25) is 0 Å². The lowest BCUT2D eigenvalue weighted by atomic mass is 9.85. The molecule has 4 heteroatoms. The molecule has 0 aliphatic heterocycles. The number of unbranched alkanes of at least 4 members (excludes halogenated alkanes) is 1. The van der Waals surface area contributed by atoms with Crippen molar-refractivity contribution in [1.82, 2.24) is 10.4 Å². The lowest BCUT2D eigenvalue weighted by Gasteiger charge is -2.18. The standard InChI is InChI=1S/C7H15NO.C6H16N2.C2H6/c1-4-7(2,3)6(9)5-8;1-4-5-6-7-8(2)3;1-2/h4-5,8H2,1-3H3;7H,4-6H2,1-3H3;1-2H3. The Balaban J connectivity index is -0.000000239. The van der Waals surface area contributed by atoms with Crippen molar-refractivity contribution < 1.29 is 4.79 Å². The molecule has 0 saturated carbocycles. The van der Waals surface area contributed by atoms with E-state index in [0.29, 0.717) is 0 Å². The van der Waals surface area contributed by atoms with Crippen molar-refractivity contribution in [2.75, 3.05) is 27.2 Å². The molecule has 4 nitrogen and oxygen atoms in total. The number of hydrazine groups is 1. The van der Waals surface area contributed by atoms with E-state index in [1.54, 1.807) is 0 Å². The Hall–Kier alpha value is -0.450. The van der Waals surface area contributed by atoms with Crippen LogP contribution in [0.15, 0.2) is 0 Å². The van der Waals surface area contributed by atoms with Gasteiger partial charge in [-0.25, -0.2) is 0 Å². The molecule has 0 bridgehead atoms. The van der Waals surface area contributed by atoms with Gasteiger partial charge in [-0.2, -0.15) is 0 Å². The highest BCUT2D eigenvalue weighted by atomic mass is 16.1. The summed E-state index contributed by atoms with van der Waals surface area (Å²) in [7, 11) is 4.02. The van der Waals surface area contributed by atoms with Crippen molar-refractivity contribution in [3.63, 3.8) is 0 Å². The predicted molar refractivity (Wildman–Crippen MR) is 86.1 cm³/mol. The van der Waals surface area contributed by atoms with E-state index in [9.17, 15) is 4.79 Å². The third-order valence-electron chi connectivity index (χ3n) is 2.78. The van der Waals surface area contributed by atoms with Crippen LogP contribution < -0.4 is 11.2 Å². The van der Waals surface area contributed by atoms with Gasteiger partial charge in [0, 0.05) is 26.1 Å². The smallest absolute Gasteiger partial charge is 0.151 e. The zero-order valence-corrected chi connectivity index (χ0v) is 14.5. The highest BCUT2D eigenvalue weighted by Gasteiger charge is 2.22. The second-order valence-electron chi connectivity index (χ2n) is 5.02. The Kier molecular flexibility index (Phi) is 19.4. The minimum absolute atomic E-state index is 0.144. The molecule has 0 aromatic carbocycles. The van der Waals surface area contributed by atoms with E-state index in [0.717, 1.165) is 13.0 Å². The summed E-state index contributed by atoms with van der Waals surface area (Å²) < 4.78 is 0. The third kappa shape index (κ3) is 17.6. The fourth-order valence-corrected chi connectivity index (χ4v) is 0.953. The molecule has 0 unspecified atom stereocenters. The van der Waals surface area contributed by atoms with Crippen LogP contribution in [-0.2, 0) is 4.79 Å². The first-order valence-corrected chi connectivity index (χ1v) is 7.46. The summed E-state index contributed by atoms with van der Waals surface area (Å²) in [5.41, 5.74) is 8.15. The quantitative estimate of drug-likeness (QED) is 0.554. The molecule has 0 heterocycles. The Morgan fingerprint density at radius 2 is 1.68 bits per heavy atom. The molecule has 0 aliphatic rings. The fourth-order valence-electron chi connectivity index (χ4n) is 0.953. The first-order valence-electron chi connectivity index (χ1n) is 7.46. The van der Waals surface area contributed by atoms with Crippen molar-refractivity contribution >= 4 is 5.78 Å². The minimum atomic E-state index is -0.214. The van der Waals surface area contributed by atoms with Crippen molar-refractivity contribution in [3.05, 3.63) is 0 Å². The second kappa shape index (κ2) is 15.6. The SMILES string of the molecule is CC.CCC(C)(C)C(=O)CN.CCCCNN(C)C. The van der Waals surface area contributed by atoms with Gasteiger partial charge in [0.25, 0.3) is 0 Å². The number of nitrogens with zero attached hydrogens (tertiary/aromatic N) is 1. The van der Waals surface area contributed by atoms with E-state index in [1.807, 2.05) is 53.7 Å². The Labute approximate surface area is 121 Å². The molecule has 0 spiro atoms. The summed E-state index contributed by atoms with van der Waals surface area (Å²) in [5, 5.41) is 1.98. The molecular formula is C15H37N3O. The third-order valence-corrected chi connectivity index (χ3v) is 2.78. The molecular weight excluding hydrogens is 238 g/mol. The molecule has 19 heavy (non-hydrogen) atoms. The van der Waals surface area contributed by atoms with E-state index in [-0.39, 0.29) is 17.7 Å². The van der Waals surface area contributed by atoms with Gasteiger partial charge in [0.2, 0.25) is 0 Å². The predicted octanol–water partition coefficient (Wildman–Crippen LogP) is 2.83. The molecule has 0 amide bonds. The molecule has 0 rings (SSSR count). The molecule has 0 saturated heterocycles. The second-order valence-corrected chi connectivity index (χ2v) is 5.02. The number of ketones is 1. The van der Waals surface area contributed by atoms with Gasteiger partial charge in [0.05, 0.1) is 6.54 Å². The molecule has 0 aromatic heterocycles. The average Bonchev–Trinajstić information content (AvgIpc) is 2.40. The van der Waals surface area contributed by atoms with E-state index < -0.39 is 0 Å². The van der Waals surface area contributed by atoms with Crippen molar-refractivity contribution in [2.24, 2.45) is 11.1 Å². The van der Waals surface area contributed by atoms with Gasteiger partial charge in [-0.1, -0.05) is 48.0 Å². The summed E-state index contributed by atoms with van der Waals surface area (Å²) in [5.74, 6) is 0.144. The van der Waals surface area contributed by atoms with Gasteiger partial charge < -0.3 is 5.73 Å². The van der Waals surface area contributed by atoms with Gasteiger partial charge in [-0.3, -0.25) is 15.2 Å². The summed E-state index contributed by atoms with van der Waals surface area (Å²) in [6, 6.07) is 0. The van der Waals surface area contributed by atoms with Crippen molar-refractivity contribution in [3.8, 4) is 0 Å². The van der Waals surface area contributed by atoms with Crippen LogP contribution in [0.3, 0.4) is 0 Å². The zero-order valence-electron chi connectivity index (χ0n) is 14.5. The van der Waals surface area contributed by atoms with Gasteiger partial charge >= 0.3 is 0 Å². The largest absolute Gasteiger partial charge is 0.324 e. The zero-order chi connectivity index (χ0) is 15.9. The number of nitrogens with one attached hydrogen (secondary N) is 1. The maximum Gasteiger partial charge on any atom is 0.151 e. The summed E-state index contributed by atoms with van der Waals surface area (Å²) >= 11 is 0. The number of rotatable bonds is 7. The van der Waals surface area contributed by atoms with Crippen LogP contribution in [0.5, 0.6) is 0 Å². The molecule has 0 fully saturated rings. The van der Waals surface area contributed by atoms with Crippen LogP contribution in [-0.4, -0.2) is 38.0 Å². The minimum Gasteiger partial charge on any atom is -0.324 e. The van der Waals surface area contributed by atoms with Crippen molar-refractivity contribution in [1.29, 1.82) is 0 Å². The van der Waals surface area contributed by atoms with Crippen LogP contribution in [0, 0.1) is 5.41 Å². The topological polar surface area (TPSA) is 58.4 Å². The van der Waals surface area contributed by atoms with E-state index in [4.69, 9.17) is 5.73 Å². The van der Waals surface area contributed by atoms with E-state index in [2.05, 4.69) is 12.3 Å². The lowest BCUT2D eigenvalue weighted by Crippen LogP contribution is -2.30. The first-order chi connectivity index (χ1) is 8.81. The Morgan fingerprint density at radius 1 is 1.21 bits per heavy atom. The maximum atomic E-state index is 10.9. The van der Waals surface area contributed by atoms with Crippen LogP contribution >= 0.6 is 0 Å². The van der Waals surface area contributed by atoms with Crippen LogP contribution in [0.1, 0.15) is 60.8 Å². The molecule has 0 aromatic rings. The number of carbonyl (C=O) groups is 1. The van der Waals surface area contributed by atoms with Crippen LogP contribution in [0.25, 0.3) is 0 Å². The highest BCUT2D eigenvalue weighted by Crippen LogP contribution is 2.19. The highest BCUT2D eigenvalue weighted by molar-refractivity contribution is 5.85. The summed E-state index contributed by atoms with van der Waals surface area (Å²) in [6.45, 7) is 13.3. The van der Waals surface area contributed by atoms with Gasteiger partial charge in [0.15, 0.2) is 5.78 Å². The monoisotopic (exact) mass is 275 g/mol. The van der Waals surface area contributed by atoms with Gasteiger partial charge in [-0.05, 0) is 12.8 Å². The normalized spacial score (nSPS) is 10.2. The Morgan fingerprint density at radius 3 is 1.89 bits per heavy atom. The molecule has 3 N–H and O–H groups in total. The molecule has 118 valence electrons. The maximum absolute atomic E-state index is 10.9. The van der Waals surface area contributed by atoms with Gasteiger partial charge in [0.1, 0.15) is 0 Å².